The number of aliphatic hydroxyl groups is 1. The summed E-state index contributed by atoms with van der Waals surface area (Å²) in [5.74, 6) is 0. The third kappa shape index (κ3) is 1.96. The zero-order chi connectivity index (χ0) is 10.2. The van der Waals surface area contributed by atoms with Gasteiger partial charge in [-0.25, -0.2) is 0 Å². The summed E-state index contributed by atoms with van der Waals surface area (Å²) in [7, 11) is 0. The van der Waals surface area contributed by atoms with Crippen molar-refractivity contribution in [3.63, 3.8) is 0 Å². The molecule has 0 aromatic rings. The summed E-state index contributed by atoms with van der Waals surface area (Å²) in [5, 5.41) is 9.09. The van der Waals surface area contributed by atoms with Crippen molar-refractivity contribution >= 4 is 0 Å². The van der Waals surface area contributed by atoms with Gasteiger partial charge in [0.2, 0.25) is 0 Å². The first-order valence-electron chi connectivity index (χ1n) is 5.84. The van der Waals surface area contributed by atoms with Crippen molar-refractivity contribution in [2.45, 2.75) is 64.1 Å². The number of hydrogen-bond acceptors (Lipinski definition) is 2. The number of rotatable bonds is 1. The van der Waals surface area contributed by atoms with Crippen LogP contribution >= 0.6 is 0 Å². The quantitative estimate of drug-likeness (QED) is 0.701. The molecule has 0 radical (unpaired) electrons. The molecular formula is C12H22O2. The Balaban J connectivity index is 2.03. The number of aliphatic hydroxyl groups excluding tert-OH is 1. The average Bonchev–Trinajstić information content (AvgIpc) is 2.46. The first-order chi connectivity index (χ1) is 6.55. The Morgan fingerprint density at radius 2 is 2.07 bits per heavy atom. The Kier molecular flexibility index (Phi) is 2.61. The van der Waals surface area contributed by atoms with E-state index < -0.39 is 0 Å². The molecule has 2 nitrogen and oxygen atoms in total. The van der Waals surface area contributed by atoms with Gasteiger partial charge in [-0.05, 0) is 37.5 Å². The Morgan fingerprint density at radius 3 is 2.64 bits per heavy atom. The van der Waals surface area contributed by atoms with Crippen molar-refractivity contribution in [3.05, 3.63) is 0 Å². The second kappa shape index (κ2) is 3.49. The fraction of sp³-hybridized carbons (Fsp3) is 1.00. The van der Waals surface area contributed by atoms with Gasteiger partial charge in [-0.3, -0.25) is 0 Å². The van der Waals surface area contributed by atoms with Gasteiger partial charge >= 0.3 is 0 Å². The predicted molar refractivity (Wildman–Crippen MR) is 56.2 cm³/mol. The molecule has 0 bridgehead atoms. The second-order valence-electron chi connectivity index (χ2n) is 5.84. The largest absolute Gasteiger partial charge is 0.394 e. The molecule has 1 spiro atoms. The zero-order valence-electron chi connectivity index (χ0n) is 9.38. The van der Waals surface area contributed by atoms with E-state index in [-0.39, 0.29) is 18.3 Å². The van der Waals surface area contributed by atoms with E-state index >= 15 is 0 Å². The van der Waals surface area contributed by atoms with E-state index in [1.54, 1.807) is 0 Å². The molecule has 14 heavy (non-hydrogen) atoms. The van der Waals surface area contributed by atoms with Crippen LogP contribution in [0.1, 0.15) is 52.4 Å². The monoisotopic (exact) mass is 198 g/mol. The first-order valence-corrected chi connectivity index (χ1v) is 5.84. The van der Waals surface area contributed by atoms with Gasteiger partial charge in [-0.2, -0.15) is 0 Å². The van der Waals surface area contributed by atoms with Gasteiger partial charge in [0, 0.05) is 0 Å². The Labute approximate surface area is 86.6 Å². The highest BCUT2D eigenvalue weighted by atomic mass is 16.5. The highest BCUT2D eigenvalue weighted by Gasteiger charge is 2.45. The lowest BCUT2D eigenvalue weighted by atomic mass is 9.69. The Morgan fingerprint density at radius 1 is 1.29 bits per heavy atom. The summed E-state index contributed by atoms with van der Waals surface area (Å²) in [6.45, 7) is 4.87. The number of hydrogen-bond donors (Lipinski definition) is 1. The van der Waals surface area contributed by atoms with Crippen molar-refractivity contribution in [2.75, 3.05) is 6.61 Å². The predicted octanol–water partition coefficient (Wildman–Crippen LogP) is 2.50. The molecular weight excluding hydrogens is 176 g/mol. The maximum Gasteiger partial charge on any atom is 0.0814 e. The van der Waals surface area contributed by atoms with Crippen LogP contribution < -0.4 is 0 Å². The first kappa shape index (κ1) is 10.4. The fourth-order valence-corrected chi connectivity index (χ4v) is 3.28. The van der Waals surface area contributed by atoms with Crippen molar-refractivity contribution in [2.24, 2.45) is 5.41 Å². The van der Waals surface area contributed by atoms with Crippen LogP contribution in [0.15, 0.2) is 0 Å². The van der Waals surface area contributed by atoms with Crippen LogP contribution in [0.25, 0.3) is 0 Å². The van der Waals surface area contributed by atoms with Crippen molar-refractivity contribution in [3.8, 4) is 0 Å². The molecule has 1 N–H and O–H groups in total. The van der Waals surface area contributed by atoms with Crippen LogP contribution in [0.5, 0.6) is 0 Å². The van der Waals surface area contributed by atoms with Gasteiger partial charge < -0.3 is 9.84 Å². The minimum atomic E-state index is 0.115. The van der Waals surface area contributed by atoms with Crippen molar-refractivity contribution in [1.29, 1.82) is 0 Å². The second-order valence-corrected chi connectivity index (χ2v) is 5.84. The van der Waals surface area contributed by atoms with Crippen molar-refractivity contribution < 1.29 is 9.84 Å². The van der Waals surface area contributed by atoms with Gasteiger partial charge in [0.15, 0.2) is 0 Å². The van der Waals surface area contributed by atoms with Crippen LogP contribution in [-0.4, -0.2) is 23.4 Å². The molecule has 0 aromatic heterocycles. The topological polar surface area (TPSA) is 29.5 Å². The third-order valence-electron chi connectivity index (χ3n) is 3.83. The molecule has 1 saturated heterocycles. The van der Waals surface area contributed by atoms with E-state index in [4.69, 9.17) is 9.84 Å². The summed E-state index contributed by atoms with van der Waals surface area (Å²) >= 11 is 0. The van der Waals surface area contributed by atoms with E-state index in [1.165, 1.54) is 25.7 Å². The van der Waals surface area contributed by atoms with E-state index in [0.717, 1.165) is 12.8 Å². The molecule has 0 amide bonds. The van der Waals surface area contributed by atoms with Crippen LogP contribution in [0.3, 0.4) is 0 Å². The van der Waals surface area contributed by atoms with Gasteiger partial charge in [0.05, 0.1) is 18.3 Å². The van der Waals surface area contributed by atoms with Crippen molar-refractivity contribution in [1.82, 2.24) is 0 Å². The highest BCUT2D eigenvalue weighted by molar-refractivity contribution is 4.96. The molecule has 1 heterocycles. The smallest absolute Gasteiger partial charge is 0.0814 e. The van der Waals surface area contributed by atoms with E-state index in [1.807, 2.05) is 0 Å². The molecule has 2 fully saturated rings. The highest BCUT2D eigenvalue weighted by Crippen LogP contribution is 2.48. The minimum Gasteiger partial charge on any atom is -0.394 e. The third-order valence-corrected chi connectivity index (χ3v) is 3.83. The Hall–Kier alpha value is -0.0800. The van der Waals surface area contributed by atoms with Crippen LogP contribution in [0.4, 0.5) is 0 Å². The molecule has 2 rings (SSSR count). The maximum absolute atomic E-state index is 9.09. The molecule has 1 aliphatic heterocycles. The summed E-state index contributed by atoms with van der Waals surface area (Å²) in [4.78, 5) is 0. The van der Waals surface area contributed by atoms with Gasteiger partial charge in [-0.15, -0.1) is 0 Å². The minimum absolute atomic E-state index is 0.115. The van der Waals surface area contributed by atoms with Crippen LogP contribution in [0.2, 0.25) is 0 Å². The lowest BCUT2D eigenvalue weighted by Gasteiger charge is -2.42. The molecule has 0 unspecified atom stereocenters. The van der Waals surface area contributed by atoms with Gasteiger partial charge in [0.1, 0.15) is 0 Å². The molecule has 2 atom stereocenters. The SMILES string of the molecule is CC1(C)CCC[C@]2(CC[C@H](CO)O2)C1. The Bertz CT molecular complexity index is 212. The molecule has 2 aliphatic rings. The average molecular weight is 198 g/mol. The normalized spacial score (nSPS) is 41.8. The summed E-state index contributed by atoms with van der Waals surface area (Å²) in [6.07, 6.45) is 7.30. The molecule has 1 aliphatic carbocycles. The number of ether oxygens (including phenoxy) is 1. The summed E-state index contributed by atoms with van der Waals surface area (Å²) in [6, 6.07) is 0. The zero-order valence-corrected chi connectivity index (χ0v) is 9.38. The molecule has 1 saturated carbocycles. The lowest BCUT2D eigenvalue weighted by Crippen LogP contribution is -2.39. The van der Waals surface area contributed by atoms with E-state index in [2.05, 4.69) is 13.8 Å². The van der Waals surface area contributed by atoms with Crippen LogP contribution in [-0.2, 0) is 4.74 Å². The standard InChI is InChI=1S/C12H22O2/c1-11(2)5-3-6-12(9-11)7-4-10(8-13)14-12/h10,13H,3-9H2,1-2H3/t10-,12+/m1/s1. The van der Waals surface area contributed by atoms with Crippen LogP contribution in [0, 0.1) is 5.41 Å². The van der Waals surface area contributed by atoms with E-state index in [0.29, 0.717) is 5.41 Å². The van der Waals surface area contributed by atoms with Gasteiger partial charge in [-0.1, -0.05) is 20.3 Å². The molecule has 82 valence electrons. The molecule has 0 aromatic carbocycles. The van der Waals surface area contributed by atoms with E-state index in [9.17, 15) is 0 Å². The fourth-order valence-electron chi connectivity index (χ4n) is 3.28. The lowest BCUT2D eigenvalue weighted by molar-refractivity contribution is -0.101. The summed E-state index contributed by atoms with van der Waals surface area (Å²) in [5.41, 5.74) is 0.553. The molecule has 2 heteroatoms. The maximum atomic E-state index is 9.09. The summed E-state index contributed by atoms with van der Waals surface area (Å²) < 4.78 is 6.02. The van der Waals surface area contributed by atoms with Gasteiger partial charge in [0.25, 0.3) is 0 Å².